The molecule has 1 saturated heterocycles. The van der Waals surface area contributed by atoms with Crippen molar-refractivity contribution in [2.75, 3.05) is 28.3 Å². The van der Waals surface area contributed by atoms with E-state index in [2.05, 4.69) is 10.1 Å². The van der Waals surface area contributed by atoms with Gasteiger partial charge in [-0.1, -0.05) is 30.3 Å². The van der Waals surface area contributed by atoms with Crippen LogP contribution in [0.15, 0.2) is 54.6 Å². The lowest BCUT2D eigenvalue weighted by molar-refractivity contribution is -0.117. The topological polar surface area (TPSA) is 75.7 Å². The molecule has 1 heterocycles. The lowest BCUT2D eigenvalue weighted by Crippen LogP contribution is -2.44. The molecule has 1 N–H and O–H groups in total. The molecular formula is C19H20F2N2O4S. The van der Waals surface area contributed by atoms with Crippen LogP contribution in [0.3, 0.4) is 0 Å². The molecule has 2 aromatic carbocycles. The Labute approximate surface area is 162 Å². The number of nitrogens with one attached hydrogen (secondary N) is 1. The van der Waals surface area contributed by atoms with Crippen molar-refractivity contribution in [2.45, 2.75) is 19.1 Å². The van der Waals surface area contributed by atoms with E-state index in [1.54, 1.807) is 42.5 Å². The highest BCUT2D eigenvalue weighted by Crippen LogP contribution is 2.27. The second-order valence-electron chi connectivity index (χ2n) is 6.38. The van der Waals surface area contributed by atoms with Gasteiger partial charge in [0.2, 0.25) is 5.91 Å². The first-order valence-electron chi connectivity index (χ1n) is 8.71. The van der Waals surface area contributed by atoms with E-state index in [0.29, 0.717) is 12.1 Å². The number of nitrogens with zero attached hydrogens (tertiary/aromatic N) is 1. The largest absolute Gasteiger partial charge is 0.433 e. The SMILES string of the molecule is O=C(CNc1ccccc1OC(F)F)N(c1ccccc1)[C@@H]1CCS(=O)(=O)C1. The van der Waals surface area contributed by atoms with Gasteiger partial charge in [-0.3, -0.25) is 4.79 Å². The maximum atomic E-state index is 12.9. The van der Waals surface area contributed by atoms with Crippen LogP contribution in [0.1, 0.15) is 6.42 Å². The Morgan fingerprint density at radius 1 is 1.14 bits per heavy atom. The van der Waals surface area contributed by atoms with Gasteiger partial charge in [-0.2, -0.15) is 8.78 Å². The van der Waals surface area contributed by atoms with Crippen LogP contribution in [0.4, 0.5) is 20.2 Å². The molecule has 1 atom stereocenters. The number of alkyl halides is 2. The summed E-state index contributed by atoms with van der Waals surface area (Å²) in [5.41, 5.74) is 0.844. The maximum absolute atomic E-state index is 12.9. The van der Waals surface area contributed by atoms with Crippen LogP contribution in [-0.2, 0) is 14.6 Å². The molecule has 0 aromatic heterocycles. The number of carbonyl (C=O) groups is 1. The number of sulfone groups is 1. The predicted molar refractivity (Wildman–Crippen MR) is 103 cm³/mol. The molecule has 1 amide bonds. The number of hydrogen-bond donors (Lipinski definition) is 1. The minimum atomic E-state index is -3.19. The quantitative estimate of drug-likeness (QED) is 0.760. The Bertz CT molecular complexity index is 923. The lowest BCUT2D eigenvalue weighted by Gasteiger charge is -2.28. The van der Waals surface area contributed by atoms with E-state index in [9.17, 15) is 22.0 Å². The van der Waals surface area contributed by atoms with E-state index in [-0.39, 0.29) is 35.4 Å². The van der Waals surface area contributed by atoms with Gasteiger partial charge in [0.1, 0.15) is 5.75 Å². The summed E-state index contributed by atoms with van der Waals surface area (Å²) in [6.07, 6.45) is 0.355. The predicted octanol–water partition coefficient (Wildman–Crippen LogP) is 2.92. The van der Waals surface area contributed by atoms with E-state index in [1.807, 2.05) is 0 Å². The summed E-state index contributed by atoms with van der Waals surface area (Å²) in [7, 11) is -3.19. The third-order valence-corrected chi connectivity index (χ3v) is 6.16. The molecule has 0 unspecified atom stereocenters. The van der Waals surface area contributed by atoms with Crippen molar-refractivity contribution < 1.29 is 26.7 Å². The summed E-state index contributed by atoms with van der Waals surface area (Å²) >= 11 is 0. The van der Waals surface area contributed by atoms with Crippen LogP contribution in [-0.4, -0.2) is 45.0 Å². The molecule has 0 radical (unpaired) electrons. The van der Waals surface area contributed by atoms with Crippen molar-refractivity contribution in [3.8, 4) is 5.75 Å². The van der Waals surface area contributed by atoms with Crippen molar-refractivity contribution in [3.05, 3.63) is 54.6 Å². The van der Waals surface area contributed by atoms with Crippen molar-refractivity contribution in [1.29, 1.82) is 0 Å². The van der Waals surface area contributed by atoms with Crippen LogP contribution in [0.25, 0.3) is 0 Å². The van der Waals surface area contributed by atoms with E-state index < -0.39 is 22.5 Å². The fourth-order valence-corrected chi connectivity index (χ4v) is 4.89. The van der Waals surface area contributed by atoms with Crippen LogP contribution in [0.5, 0.6) is 5.75 Å². The summed E-state index contributed by atoms with van der Waals surface area (Å²) < 4.78 is 53.3. The summed E-state index contributed by atoms with van der Waals surface area (Å²) in [5, 5.41) is 2.81. The average Bonchev–Trinajstić information content (AvgIpc) is 3.01. The summed E-state index contributed by atoms with van der Waals surface area (Å²) in [6, 6.07) is 14.4. The first-order chi connectivity index (χ1) is 13.4. The molecule has 9 heteroatoms. The monoisotopic (exact) mass is 410 g/mol. The van der Waals surface area contributed by atoms with Crippen LogP contribution >= 0.6 is 0 Å². The zero-order valence-electron chi connectivity index (χ0n) is 14.9. The van der Waals surface area contributed by atoms with E-state index in [1.165, 1.54) is 17.0 Å². The number of anilines is 2. The van der Waals surface area contributed by atoms with Crippen LogP contribution in [0.2, 0.25) is 0 Å². The van der Waals surface area contributed by atoms with Gasteiger partial charge in [0.25, 0.3) is 0 Å². The number of halogens is 2. The van der Waals surface area contributed by atoms with Gasteiger partial charge in [-0.05, 0) is 30.7 Å². The first kappa shape index (κ1) is 20.1. The zero-order valence-corrected chi connectivity index (χ0v) is 15.7. The molecule has 0 saturated carbocycles. The maximum Gasteiger partial charge on any atom is 0.387 e. The van der Waals surface area contributed by atoms with Crippen LogP contribution < -0.4 is 15.0 Å². The third-order valence-electron chi connectivity index (χ3n) is 4.41. The lowest BCUT2D eigenvalue weighted by atomic mass is 10.1. The molecule has 0 spiro atoms. The van der Waals surface area contributed by atoms with Gasteiger partial charge in [0.05, 0.1) is 29.8 Å². The number of carbonyl (C=O) groups excluding carboxylic acids is 1. The van der Waals surface area contributed by atoms with Gasteiger partial charge in [0, 0.05) is 5.69 Å². The molecule has 2 aromatic rings. The van der Waals surface area contributed by atoms with Crippen molar-refractivity contribution in [1.82, 2.24) is 0 Å². The number of ether oxygens (including phenoxy) is 1. The van der Waals surface area contributed by atoms with Gasteiger partial charge in [-0.25, -0.2) is 8.42 Å². The molecule has 0 aliphatic carbocycles. The Hall–Kier alpha value is -2.68. The van der Waals surface area contributed by atoms with E-state index >= 15 is 0 Å². The summed E-state index contributed by atoms with van der Waals surface area (Å²) in [6.45, 7) is -3.18. The van der Waals surface area contributed by atoms with E-state index in [4.69, 9.17) is 0 Å². The molecule has 3 rings (SSSR count). The van der Waals surface area contributed by atoms with Gasteiger partial charge in [0.15, 0.2) is 9.84 Å². The average molecular weight is 410 g/mol. The molecule has 150 valence electrons. The second-order valence-corrected chi connectivity index (χ2v) is 8.61. The van der Waals surface area contributed by atoms with Crippen molar-refractivity contribution >= 4 is 27.1 Å². The second kappa shape index (κ2) is 8.55. The molecule has 1 aliphatic rings. The van der Waals surface area contributed by atoms with Crippen molar-refractivity contribution in [3.63, 3.8) is 0 Å². The summed E-state index contributed by atoms with van der Waals surface area (Å²) in [5.74, 6) is -0.494. The first-order valence-corrected chi connectivity index (χ1v) is 10.5. The summed E-state index contributed by atoms with van der Waals surface area (Å²) in [4.78, 5) is 14.4. The van der Waals surface area contributed by atoms with Gasteiger partial charge in [-0.15, -0.1) is 0 Å². The van der Waals surface area contributed by atoms with Crippen LogP contribution in [0, 0.1) is 0 Å². The van der Waals surface area contributed by atoms with E-state index in [0.717, 1.165) is 0 Å². The zero-order chi connectivity index (χ0) is 20.1. The highest BCUT2D eigenvalue weighted by Gasteiger charge is 2.35. The Morgan fingerprint density at radius 2 is 1.82 bits per heavy atom. The van der Waals surface area contributed by atoms with Gasteiger partial charge < -0.3 is 15.0 Å². The Balaban J connectivity index is 1.78. The fraction of sp³-hybridized carbons (Fsp3) is 0.316. The molecular weight excluding hydrogens is 390 g/mol. The molecule has 6 nitrogen and oxygen atoms in total. The minimum absolute atomic E-state index is 0.0345. The fourth-order valence-electron chi connectivity index (χ4n) is 3.19. The Kier molecular flexibility index (Phi) is 6.13. The number of hydrogen-bond acceptors (Lipinski definition) is 5. The normalized spacial score (nSPS) is 18.0. The number of amides is 1. The smallest absolute Gasteiger partial charge is 0.387 e. The van der Waals surface area contributed by atoms with Crippen molar-refractivity contribution in [2.24, 2.45) is 0 Å². The minimum Gasteiger partial charge on any atom is -0.433 e. The molecule has 1 fully saturated rings. The van der Waals surface area contributed by atoms with Gasteiger partial charge >= 0.3 is 6.61 Å². The highest BCUT2D eigenvalue weighted by atomic mass is 32.2. The molecule has 0 bridgehead atoms. The number of rotatable bonds is 7. The number of para-hydroxylation sites is 3. The highest BCUT2D eigenvalue weighted by molar-refractivity contribution is 7.91. The standard InChI is InChI=1S/C19H20F2N2O4S/c20-19(21)27-17-9-5-4-8-16(17)22-12-18(24)23(14-6-2-1-3-7-14)15-10-11-28(25,26)13-15/h1-9,15,19,22H,10-13H2/t15-/m1/s1. The third kappa shape index (κ3) is 4.98. The number of benzene rings is 2. The molecule has 1 aliphatic heterocycles. The Morgan fingerprint density at radius 3 is 2.46 bits per heavy atom. The molecule has 28 heavy (non-hydrogen) atoms.